The first-order valence-corrected chi connectivity index (χ1v) is 10.9. The zero-order chi connectivity index (χ0) is 22.4. The Labute approximate surface area is 173 Å². The van der Waals surface area contributed by atoms with Crippen molar-refractivity contribution in [1.82, 2.24) is 19.8 Å². The smallest absolute Gasteiger partial charge is 0.409 e. The summed E-state index contributed by atoms with van der Waals surface area (Å²) in [5, 5.41) is 2.93. The Bertz CT molecular complexity index is 702. The van der Waals surface area contributed by atoms with E-state index in [2.05, 4.69) is 4.90 Å². The van der Waals surface area contributed by atoms with Gasteiger partial charge in [0.15, 0.2) is 0 Å². The summed E-state index contributed by atoms with van der Waals surface area (Å²) in [4.78, 5) is 29.0. The Morgan fingerprint density at radius 1 is 1.21 bits per heavy atom. The molecule has 4 rings (SSSR count). The van der Waals surface area contributed by atoms with Gasteiger partial charge in [-0.1, -0.05) is 6.92 Å². The van der Waals surface area contributed by atoms with Crippen LogP contribution >= 0.6 is 0 Å². The van der Waals surface area contributed by atoms with Crippen LogP contribution in [0.1, 0.15) is 62.9 Å². The van der Waals surface area contributed by atoms with Crippen LogP contribution in [0.4, 0.5) is 4.79 Å². The second-order valence-electron chi connectivity index (χ2n) is 9.20. The number of amides is 2. The van der Waals surface area contributed by atoms with Crippen LogP contribution in [0.3, 0.4) is 0 Å². The van der Waals surface area contributed by atoms with Crippen LogP contribution in [0.5, 0.6) is 0 Å². The average Bonchev–Trinajstić information content (AvgIpc) is 3.22. The lowest BCUT2D eigenvalue weighted by Gasteiger charge is -2.54. The van der Waals surface area contributed by atoms with Crippen molar-refractivity contribution >= 4 is 12.0 Å². The highest BCUT2D eigenvalue weighted by Crippen LogP contribution is 2.51. The third kappa shape index (κ3) is 3.30. The summed E-state index contributed by atoms with van der Waals surface area (Å²) in [5.74, 6) is -0.269. The molecule has 0 aromatic heterocycles. The van der Waals surface area contributed by atoms with Crippen LogP contribution in [0, 0.1) is 5.41 Å². The summed E-state index contributed by atoms with van der Waals surface area (Å²) in [7, 11) is 0. The van der Waals surface area contributed by atoms with Gasteiger partial charge in [0.1, 0.15) is 0 Å². The summed E-state index contributed by atoms with van der Waals surface area (Å²) >= 11 is 0. The molecule has 28 heavy (non-hydrogen) atoms. The standard InChI is InChI=1S/C21H36N4O3/c1-4-9-25-21(15-18(26)22(25)3)7-11-23(12-8-21)17-13-20(14-17)6-10-24(16-20)19(27)28-5-2/h17H,4-16H2,1-3H3/i3D3. The van der Waals surface area contributed by atoms with Gasteiger partial charge in [-0.15, -0.1) is 0 Å². The van der Waals surface area contributed by atoms with Gasteiger partial charge in [-0.05, 0) is 50.9 Å². The van der Waals surface area contributed by atoms with Crippen LogP contribution in [0.15, 0.2) is 0 Å². The van der Waals surface area contributed by atoms with Crippen molar-refractivity contribution in [1.29, 1.82) is 0 Å². The number of carbonyl (C=O) groups excluding carboxylic acids is 2. The van der Waals surface area contributed by atoms with Crippen molar-refractivity contribution in [3.63, 3.8) is 0 Å². The van der Waals surface area contributed by atoms with Gasteiger partial charge in [-0.3, -0.25) is 9.80 Å². The molecule has 3 heterocycles. The Morgan fingerprint density at radius 2 is 1.96 bits per heavy atom. The molecule has 0 aromatic rings. The third-order valence-electron chi connectivity index (χ3n) is 7.49. The molecule has 1 saturated carbocycles. The molecule has 4 aliphatic rings. The molecule has 2 spiro atoms. The van der Waals surface area contributed by atoms with Gasteiger partial charge in [0.2, 0.25) is 5.91 Å². The SMILES string of the molecule is [2H]C([2H])([2H])N1C(=O)CC2(CCN(C3CC4(CCN(C(=O)OCC)C4)C3)CC2)N1CCC. The zero-order valence-corrected chi connectivity index (χ0v) is 17.3. The molecular formula is C21H36N4O3. The van der Waals surface area contributed by atoms with Crippen LogP contribution in [-0.2, 0) is 9.53 Å². The van der Waals surface area contributed by atoms with Crippen molar-refractivity contribution in [3.8, 4) is 0 Å². The molecule has 0 bridgehead atoms. The van der Waals surface area contributed by atoms with Crippen molar-refractivity contribution in [3.05, 3.63) is 0 Å². The summed E-state index contributed by atoms with van der Waals surface area (Å²) in [5.41, 5.74) is -0.115. The fraction of sp³-hybridized carbons (Fsp3) is 0.905. The molecule has 0 N–H and O–H groups in total. The van der Waals surface area contributed by atoms with E-state index in [1.165, 1.54) is 0 Å². The van der Waals surface area contributed by atoms with E-state index in [1.54, 1.807) is 0 Å². The van der Waals surface area contributed by atoms with Gasteiger partial charge in [0.05, 0.1) is 12.1 Å². The predicted octanol–water partition coefficient (Wildman–Crippen LogP) is 2.32. The molecule has 2 amide bonds. The lowest BCUT2D eigenvalue weighted by Crippen LogP contribution is -2.59. The van der Waals surface area contributed by atoms with E-state index in [1.807, 2.05) is 23.8 Å². The number of hydrogen-bond donors (Lipinski definition) is 0. The van der Waals surface area contributed by atoms with Crippen LogP contribution < -0.4 is 0 Å². The summed E-state index contributed by atoms with van der Waals surface area (Å²) in [6.45, 7) is 5.83. The van der Waals surface area contributed by atoms with E-state index < -0.39 is 6.98 Å². The number of hydrogen-bond acceptors (Lipinski definition) is 5. The summed E-state index contributed by atoms with van der Waals surface area (Å²) in [6, 6.07) is 0.523. The van der Waals surface area contributed by atoms with Gasteiger partial charge in [-0.25, -0.2) is 9.80 Å². The monoisotopic (exact) mass is 395 g/mol. The highest BCUT2D eigenvalue weighted by atomic mass is 16.6. The molecule has 3 aliphatic heterocycles. The number of rotatable bonds is 4. The molecular weight excluding hydrogens is 356 g/mol. The summed E-state index contributed by atoms with van der Waals surface area (Å²) < 4.78 is 28.7. The minimum absolute atomic E-state index is 0.191. The quantitative estimate of drug-likeness (QED) is 0.731. The van der Waals surface area contributed by atoms with Crippen LogP contribution in [-0.4, -0.2) is 89.7 Å². The molecule has 0 radical (unpaired) electrons. The first kappa shape index (κ1) is 16.5. The second kappa shape index (κ2) is 7.48. The van der Waals surface area contributed by atoms with Gasteiger partial charge >= 0.3 is 6.09 Å². The summed E-state index contributed by atoms with van der Waals surface area (Å²) in [6.07, 6.45) is 5.84. The van der Waals surface area contributed by atoms with Crippen LogP contribution in [0.25, 0.3) is 0 Å². The first-order valence-electron chi connectivity index (χ1n) is 12.4. The Morgan fingerprint density at radius 3 is 2.61 bits per heavy atom. The van der Waals surface area contributed by atoms with Crippen molar-refractivity contribution < 1.29 is 18.4 Å². The van der Waals surface area contributed by atoms with Crippen LogP contribution in [0.2, 0.25) is 0 Å². The molecule has 3 saturated heterocycles. The van der Waals surface area contributed by atoms with E-state index in [4.69, 9.17) is 8.85 Å². The van der Waals surface area contributed by atoms with Gasteiger partial charge in [0, 0.05) is 56.3 Å². The lowest BCUT2D eigenvalue weighted by molar-refractivity contribution is -0.139. The number of ether oxygens (including phenoxy) is 1. The van der Waals surface area contributed by atoms with Crippen molar-refractivity contribution in [2.24, 2.45) is 5.41 Å². The van der Waals surface area contributed by atoms with Crippen molar-refractivity contribution in [2.45, 2.75) is 70.4 Å². The number of hydrazine groups is 1. The molecule has 0 unspecified atom stereocenters. The molecule has 4 fully saturated rings. The minimum atomic E-state index is -2.42. The van der Waals surface area contributed by atoms with E-state index in [0.29, 0.717) is 25.6 Å². The largest absolute Gasteiger partial charge is 0.450 e. The Balaban J connectivity index is 1.33. The number of nitrogens with zero attached hydrogens (tertiary/aromatic N) is 4. The van der Waals surface area contributed by atoms with E-state index >= 15 is 0 Å². The van der Waals surface area contributed by atoms with E-state index in [-0.39, 0.29) is 23.0 Å². The third-order valence-corrected chi connectivity index (χ3v) is 7.49. The Hall–Kier alpha value is -1.34. The van der Waals surface area contributed by atoms with Gasteiger partial charge in [-0.2, -0.15) is 0 Å². The van der Waals surface area contributed by atoms with E-state index in [9.17, 15) is 9.59 Å². The fourth-order valence-corrected chi connectivity index (χ4v) is 5.92. The lowest BCUT2D eigenvalue weighted by atomic mass is 9.64. The van der Waals surface area contributed by atoms with Crippen molar-refractivity contribution in [2.75, 3.05) is 46.3 Å². The fourth-order valence-electron chi connectivity index (χ4n) is 5.92. The zero-order valence-electron chi connectivity index (χ0n) is 20.3. The highest BCUT2D eigenvalue weighted by molar-refractivity contribution is 5.79. The number of likely N-dealkylation sites (tertiary alicyclic amines) is 2. The van der Waals surface area contributed by atoms with E-state index in [0.717, 1.165) is 69.7 Å². The maximum Gasteiger partial charge on any atom is 0.409 e. The minimum Gasteiger partial charge on any atom is -0.450 e. The molecule has 0 atom stereocenters. The normalized spacial score (nSPS) is 35.1. The maximum atomic E-state index is 12.6. The molecule has 0 aromatic carbocycles. The topological polar surface area (TPSA) is 56.3 Å². The maximum absolute atomic E-state index is 12.6. The second-order valence-corrected chi connectivity index (χ2v) is 9.20. The predicted molar refractivity (Wildman–Crippen MR) is 107 cm³/mol. The number of piperidine rings is 1. The average molecular weight is 396 g/mol. The Kier molecular flexibility index (Phi) is 4.40. The first-order chi connectivity index (χ1) is 14.6. The molecule has 1 aliphatic carbocycles. The molecule has 158 valence electrons. The number of carbonyl (C=O) groups is 2. The van der Waals surface area contributed by atoms with Gasteiger partial charge < -0.3 is 14.5 Å². The highest BCUT2D eigenvalue weighted by Gasteiger charge is 2.54. The molecule has 7 nitrogen and oxygen atoms in total. The molecule has 7 heteroatoms. The van der Waals surface area contributed by atoms with Gasteiger partial charge in [0.25, 0.3) is 0 Å².